The Bertz CT molecular complexity index is 668. The average Bonchev–Trinajstić information content (AvgIpc) is 2.89. The van der Waals surface area contributed by atoms with Crippen LogP contribution in [0.2, 0.25) is 0 Å². The Hall–Kier alpha value is -2.22. The van der Waals surface area contributed by atoms with Gasteiger partial charge < -0.3 is 5.32 Å². The smallest absolute Gasteiger partial charge is 0.319 e. The third kappa shape index (κ3) is 3.02. The van der Waals surface area contributed by atoms with Crippen molar-refractivity contribution in [2.75, 3.05) is 0 Å². The predicted molar refractivity (Wildman–Crippen MR) is 75.3 cm³/mol. The van der Waals surface area contributed by atoms with Gasteiger partial charge >= 0.3 is 5.69 Å². The number of aromatic nitrogens is 2. The molecule has 0 spiro atoms. The number of amides is 1. The summed E-state index contributed by atoms with van der Waals surface area (Å²) in [5, 5.41) is 19.2. The Kier molecular flexibility index (Phi) is 4.14. The van der Waals surface area contributed by atoms with Crippen molar-refractivity contribution in [3.63, 3.8) is 0 Å². The second-order valence-electron chi connectivity index (χ2n) is 4.14. The van der Waals surface area contributed by atoms with Crippen LogP contribution in [0.4, 0.5) is 5.69 Å². The lowest BCUT2D eigenvalue weighted by molar-refractivity contribution is -0.385. The van der Waals surface area contributed by atoms with E-state index in [0.717, 1.165) is 21.8 Å². The van der Waals surface area contributed by atoms with Crippen molar-refractivity contribution < 1.29 is 9.72 Å². The van der Waals surface area contributed by atoms with E-state index in [-0.39, 0.29) is 17.9 Å². The molecular weight excluding hydrogens is 328 g/mol. The molecule has 0 saturated carbocycles. The lowest BCUT2D eigenvalue weighted by Gasteiger charge is -2.07. The largest absolute Gasteiger partial charge is 0.346 e. The van der Waals surface area contributed by atoms with E-state index in [1.165, 1.54) is 0 Å². The van der Waals surface area contributed by atoms with Gasteiger partial charge in [-0.2, -0.15) is 5.10 Å². The van der Waals surface area contributed by atoms with Gasteiger partial charge in [0, 0.05) is 11.0 Å². The minimum absolute atomic E-state index is 0.150. The van der Waals surface area contributed by atoms with Crippen LogP contribution >= 0.6 is 15.9 Å². The highest BCUT2D eigenvalue weighted by Gasteiger charge is 2.22. The quantitative estimate of drug-likeness (QED) is 0.659. The molecule has 20 heavy (non-hydrogen) atoms. The number of rotatable bonds is 4. The average molecular weight is 339 g/mol. The van der Waals surface area contributed by atoms with Gasteiger partial charge in [0.2, 0.25) is 5.69 Å². The molecule has 1 heterocycles. The third-order valence-electron chi connectivity index (χ3n) is 2.79. The number of carbonyl (C=O) groups is 1. The molecule has 0 bridgehead atoms. The van der Waals surface area contributed by atoms with Gasteiger partial charge in [-0.15, -0.1) is 0 Å². The van der Waals surface area contributed by atoms with Crippen LogP contribution in [0, 0.1) is 17.0 Å². The van der Waals surface area contributed by atoms with E-state index in [9.17, 15) is 14.9 Å². The summed E-state index contributed by atoms with van der Waals surface area (Å²) in [4.78, 5) is 22.0. The molecule has 2 aromatic rings. The second-order valence-corrected chi connectivity index (χ2v) is 5.06. The fourth-order valence-electron chi connectivity index (χ4n) is 1.68. The van der Waals surface area contributed by atoms with Gasteiger partial charge in [0.15, 0.2) is 0 Å². The molecule has 104 valence electrons. The Balaban J connectivity index is 2.11. The molecule has 0 aliphatic heterocycles. The lowest BCUT2D eigenvalue weighted by atomic mass is 10.1. The number of H-pyrrole nitrogens is 1. The number of benzene rings is 1. The Morgan fingerprint density at radius 2 is 2.30 bits per heavy atom. The molecule has 0 saturated heterocycles. The number of halogens is 1. The third-order valence-corrected chi connectivity index (χ3v) is 3.29. The van der Waals surface area contributed by atoms with Crippen LogP contribution < -0.4 is 5.32 Å². The predicted octanol–water partition coefficient (Wildman–Crippen LogP) is 2.32. The summed E-state index contributed by atoms with van der Waals surface area (Å²) < 4.78 is 0.903. The second kappa shape index (κ2) is 5.83. The zero-order chi connectivity index (χ0) is 14.7. The molecule has 1 amide bonds. The summed E-state index contributed by atoms with van der Waals surface area (Å²) in [5.41, 5.74) is 1.46. The topological polar surface area (TPSA) is 101 Å². The number of nitrogens with zero attached hydrogens (tertiary/aromatic N) is 2. The zero-order valence-electron chi connectivity index (χ0n) is 10.5. The van der Waals surface area contributed by atoms with Gasteiger partial charge in [0.05, 0.1) is 4.92 Å². The Labute approximate surface area is 122 Å². The summed E-state index contributed by atoms with van der Waals surface area (Å²) in [7, 11) is 0. The van der Waals surface area contributed by atoms with Gasteiger partial charge in [-0.3, -0.25) is 20.0 Å². The molecule has 1 aromatic carbocycles. The highest BCUT2D eigenvalue weighted by atomic mass is 79.9. The lowest BCUT2D eigenvalue weighted by Crippen LogP contribution is -2.24. The highest BCUT2D eigenvalue weighted by molar-refractivity contribution is 9.10. The summed E-state index contributed by atoms with van der Waals surface area (Å²) in [6.07, 6.45) is 1.01. The van der Waals surface area contributed by atoms with Crippen molar-refractivity contribution >= 4 is 27.5 Å². The summed E-state index contributed by atoms with van der Waals surface area (Å²) >= 11 is 3.35. The van der Waals surface area contributed by atoms with Crippen LogP contribution in [0.5, 0.6) is 0 Å². The van der Waals surface area contributed by atoms with Crippen molar-refractivity contribution in [3.05, 3.63) is 55.8 Å². The summed E-state index contributed by atoms with van der Waals surface area (Å²) in [6, 6.07) is 5.71. The van der Waals surface area contributed by atoms with Crippen LogP contribution in [0.25, 0.3) is 0 Å². The van der Waals surface area contributed by atoms with E-state index < -0.39 is 10.8 Å². The number of aromatic amines is 1. The van der Waals surface area contributed by atoms with Gasteiger partial charge in [0.1, 0.15) is 6.20 Å². The highest BCUT2D eigenvalue weighted by Crippen LogP contribution is 2.17. The first-order valence-electron chi connectivity index (χ1n) is 5.70. The fraction of sp³-hybridized carbons (Fsp3) is 0.167. The molecule has 0 radical (unpaired) electrons. The van der Waals surface area contributed by atoms with Gasteiger partial charge in [-0.1, -0.05) is 22.0 Å². The van der Waals surface area contributed by atoms with E-state index in [4.69, 9.17) is 0 Å². The van der Waals surface area contributed by atoms with Crippen molar-refractivity contribution in [3.8, 4) is 0 Å². The maximum absolute atomic E-state index is 11.9. The molecule has 0 atom stereocenters. The Morgan fingerprint density at radius 3 is 3.00 bits per heavy atom. The number of carbonyl (C=O) groups excluding carboxylic acids is 1. The first kappa shape index (κ1) is 14.2. The van der Waals surface area contributed by atoms with E-state index in [0.29, 0.717) is 0 Å². The monoisotopic (exact) mass is 338 g/mol. The van der Waals surface area contributed by atoms with Crippen molar-refractivity contribution in [2.24, 2.45) is 0 Å². The van der Waals surface area contributed by atoms with Crippen molar-refractivity contribution in [2.45, 2.75) is 13.5 Å². The fourth-order valence-corrected chi connectivity index (χ4v) is 2.09. The molecule has 0 aliphatic rings. The molecule has 2 rings (SSSR count). The maximum atomic E-state index is 11.9. The Morgan fingerprint density at radius 1 is 1.55 bits per heavy atom. The molecule has 0 unspecified atom stereocenters. The standard InChI is InChI=1S/C12H11BrN4O3/c1-7-2-3-9(13)4-8(7)5-14-12(18)11-10(17(19)20)6-15-16-11/h2-4,6H,5H2,1H3,(H,14,18)(H,15,16). The van der Waals surface area contributed by atoms with E-state index in [1.807, 2.05) is 25.1 Å². The molecule has 7 nitrogen and oxygen atoms in total. The van der Waals surface area contributed by atoms with Gasteiger partial charge in [0.25, 0.3) is 5.91 Å². The van der Waals surface area contributed by atoms with Gasteiger partial charge in [-0.05, 0) is 30.2 Å². The van der Waals surface area contributed by atoms with E-state index in [1.54, 1.807) is 0 Å². The number of nitro groups is 1. The minimum Gasteiger partial charge on any atom is -0.346 e. The van der Waals surface area contributed by atoms with E-state index in [2.05, 4.69) is 31.4 Å². The number of hydrogen-bond acceptors (Lipinski definition) is 4. The molecule has 0 aliphatic carbocycles. The minimum atomic E-state index is -0.650. The van der Waals surface area contributed by atoms with Crippen LogP contribution in [0.1, 0.15) is 21.6 Å². The molecule has 8 heteroatoms. The van der Waals surface area contributed by atoms with E-state index >= 15 is 0 Å². The SMILES string of the molecule is Cc1ccc(Br)cc1CNC(=O)c1[nH]ncc1[N+](=O)[O-]. The first-order chi connectivity index (χ1) is 9.49. The molecular formula is C12H11BrN4O3. The molecule has 2 N–H and O–H groups in total. The zero-order valence-corrected chi connectivity index (χ0v) is 12.1. The van der Waals surface area contributed by atoms with Gasteiger partial charge in [-0.25, -0.2) is 0 Å². The maximum Gasteiger partial charge on any atom is 0.319 e. The van der Waals surface area contributed by atoms with Crippen LogP contribution in [-0.2, 0) is 6.54 Å². The van der Waals surface area contributed by atoms with Crippen LogP contribution in [-0.4, -0.2) is 21.0 Å². The number of nitrogens with one attached hydrogen (secondary N) is 2. The number of hydrogen-bond donors (Lipinski definition) is 2. The molecule has 1 aromatic heterocycles. The molecule has 0 fully saturated rings. The van der Waals surface area contributed by atoms with Crippen molar-refractivity contribution in [1.29, 1.82) is 0 Å². The normalized spacial score (nSPS) is 10.3. The summed E-state index contributed by atoms with van der Waals surface area (Å²) in [6.45, 7) is 2.20. The van der Waals surface area contributed by atoms with Crippen LogP contribution in [0.3, 0.4) is 0 Å². The van der Waals surface area contributed by atoms with Crippen molar-refractivity contribution in [1.82, 2.24) is 15.5 Å². The van der Waals surface area contributed by atoms with Crippen LogP contribution in [0.15, 0.2) is 28.9 Å². The summed E-state index contributed by atoms with van der Waals surface area (Å²) in [5.74, 6) is -0.562. The number of aryl methyl sites for hydroxylation is 1. The first-order valence-corrected chi connectivity index (χ1v) is 6.49.